The van der Waals surface area contributed by atoms with E-state index in [0.29, 0.717) is 28.2 Å². The fourth-order valence-electron chi connectivity index (χ4n) is 2.78. The monoisotopic (exact) mass is 366 g/mol. The predicted octanol–water partition coefficient (Wildman–Crippen LogP) is 2.46. The third kappa shape index (κ3) is 3.79. The second kappa shape index (κ2) is 7.53. The van der Waals surface area contributed by atoms with Crippen LogP contribution in [-0.2, 0) is 4.79 Å². The third-order valence-electron chi connectivity index (χ3n) is 4.24. The van der Waals surface area contributed by atoms with Gasteiger partial charge in [0, 0.05) is 17.0 Å². The smallest absolute Gasteiger partial charge is 0.161 e. The fraction of sp³-hybridized carbons (Fsp3) is 0.238. The lowest BCUT2D eigenvalue weighted by Gasteiger charge is -2.11. The van der Waals surface area contributed by atoms with Gasteiger partial charge < -0.3 is 23.8 Å². The summed E-state index contributed by atoms with van der Waals surface area (Å²) in [5.74, 6) is 0.477. The van der Waals surface area contributed by atoms with Gasteiger partial charge in [-0.1, -0.05) is 11.6 Å². The molecule has 0 amide bonds. The summed E-state index contributed by atoms with van der Waals surface area (Å²) < 4.78 is 16.7. The molecular weight excluding hydrogens is 346 g/mol. The first-order chi connectivity index (χ1) is 12.9. The summed E-state index contributed by atoms with van der Waals surface area (Å²) in [4.78, 5) is 15.5. The maximum Gasteiger partial charge on any atom is 0.161 e. The molecule has 1 aromatic heterocycles. The highest BCUT2D eigenvalue weighted by molar-refractivity contribution is 5.80. The third-order valence-corrected chi connectivity index (χ3v) is 4.24. The number of aryl methyl sites for hydroxylation is 1. The predicted molar refractivity (Wildman–Crippen MR) is 99.5 cm³/mol. The zero-order valence-electron chi connectivity index (χ0n) is 15.6. The van der Waals surface area contributed by atoms with E-state index in [0.717, 1.165) is 16.5 Å². The SMILES string of the molecule is COc1ccc(-c2cc(=N[C@H](C)C(=O)[O-])c3cc(C)ccc3o2)cc1OC. The molecule has 0 radical (unpaired) electrons. The molecule has 27 heavy (non-hydrogen) atoms. The molecule has 3 rings (SSSR count). The summed E-state index contributed by atoms with van der Waals surface area (Å²) in [6.45, 7) is 3.44. The second-order valence-electron chi connectivity index (χ2n) is 6.19. The molecule has 140 valence electrons. The number of hydrogen-bond donors (Lipinski definition) is 0. The highest BCUT2D eigenvalue weighted by Crippen LogP contribution is 2.32. The summed E-state index contributed by atoms with van der Waals surface area (Å²) in [6.07, 6.45) is 0. The maximum atomic E-state index is 11.2. The summed E-state index contributed by atoms with van der Waals surface area (Å²) in [5, 5.41) is 12.4. The Morgan fingerprint density at radius 3 is 2.48 bits per heavy atom. The maximum absolute atomic E-state index is 11.2. The van der Waals surface area contributed by atoms with Gasteiger partial charge in [-0.2, -0.15) is 0 Å². The van der Waals surface area contributed by atoms with Crippen LogP contribution in [0.25, 0.3) is 22.3 Å². The van der Waals surface area contributed by atoms with Crippen LogP contribution in [0.4, 0.5) is 0 Å². The highest BCUT2D eigenvalue weighted by atomic mass is 16.5. The van der Waals surface area contributed by atoms with Gasteiger partial charge in [0.2, 0.25) is 0 Å². The standard InChI is InChI=1S/C21H21NO5/c1-12-5-7-17-15(9-12)16(22-13(2)21(23)24)11-19(27-17)14-6-8-18(25-3)20(10-14)26-4/h5-11,13H,1-4H3,(H,23,24)/p-1/t13-/m1/s1. The second-order valence-corrected chi connectivity index (χ2v) is 6.19. The van der Waals surface area contributed by atoms with E-state index in [1.165, 1.54) is 6.92 Å². The summed E-state index contributed by atoms with van der Waals surface area (Å²) >= 11 is 0. The molecule has 1 atom stereocenters. The Kier molecular flexibility index (Phi) is 5.16. The lowest BCUT2D eigenvalue weighted by atomic mass is 10.1. The number of hydrogen-bond acceptors (Lipinski definition) is 6. The fourth-order valence-corrected chi connectivity index (χ4v) is 2.78. The van der Waals surface area contributed by atoms with Crippen LogP contribution < -0.4 is 19.9 Å². The van der Waals surface area contributed by atoms with Crippen LogP contribution >= 0.6 is 0 Å². The van der Waals surface area contributed by atoms with E-state index in [4.69, 9.17) is 13.9 Å². The van der Waals surface area contributed by atoms with Gasteiger partial charge in [-0.3, -0.25) is 4.99 Å². The van der Waals surface area contributed by atoms with Crippen molar-refractivity contribution in [1.29, 1.82) is 0 Å². The minimum Gasteiger partial charge on any atom is -0.548 e. The van der Waals surface area contributed by atoms with E-state index in [1.807, 2.05) is 31.2 Å². The number of carbonyl (C=O) groups is 1. The van der Waals surface area contributed by atoms with Gasteiger partial charge in [0.15, 0.2) is 11.5 Å². The number of carboxylic acid groups (broad SMARTS) is 1. The molecule has 1 heterocycles. The van der Waals surface area contributed by atoms with E-state index in [2.05, 4.69) is 4.99 Å². The van der Waals surface area contributed by atoms with Crippen molar-refractivity contribution in [2.75, 3.05) is 14.2 Å². The normalized spacial score (nSPS) is 12.8. The average molecular weight is 366 g/mol. The molecule has 0 bridgehead atoms. The van der Waals surface area contributed by atoms with Crippen molar-refractivity contribution in [2.45, 2.75) is 19.9 Å². The number of rotatable bonds is 5. The van der Waals surface area contributed by atoms with Gasteiger partial charge >= 0.3 is 0 Å². The first kappa shape index (κ1) is 18.5. The van der Waals surface area contributed by atoms with Crippen LogP contribution in [0, 0.1) is 6.92 Å². The van der Waals surface area contributed by atoms with E-state index in [1.54, 1.807) is 32.4 Å². The van der Waals surface area contributed by atoms with Crippen molar-refractivity contribution < 1.29 is 23.8 Å². The molecule has 0 unspecified atom stereocenters. The molecule has 0 aliphatic heterocycles. The Hall–Kier alpha value is -3.28. The van der Waals surface area contributed by atoms with Crippen molar-refractivity contribution in [3.05, 3.63) is 53.4 Å². The molecular formula is C21H20NO5-. The molecule has 0 saturated carbocycles. The van der Waals surface area contributed by atoms with Crippen LogP contribution in [0.15, 0.2) is 51.9 Å². The van der Waals surface area contributed by atoms with Crippen molar-refractivity contribution in [3.63, 3.8) is 0 Å². The van der Waals surface area contributed by atoms with Crippen LogP contribution in [0.2, 0.25) is 0 Å². The average Bonchev–Trinajstić information content (AvgIpc) is 2.67. The number of carbonyl (C=O) groups excluding carboxylic acids is 1. The summed E-state index contributed by atoms with van der Waals surface area (Å²) in [5.41, 5.74) is 2.39. The van der Waals surface area contributed by atoms with Gasteiger partial charge in [0.25, 0.3) is 0 Å². The van der Waals surface area contributed by atoms with Crippen molar-refractivity contribution in [3.8, 4) is 22.8 Å². The Morgan fingerprint density at radius 2 is 1.81 bits per heavy atom. The van der Waals surface area contributed by atoms with Crippen LogP contribution in [-0.4, -0.2) is 26.2 Å². The molecule has 0 spiro atoms. The Morgan fingerprint density at radius 1 is 1.07 bits per heavy atom. The first-order valence-electron chi connectivity index (χ1n) is 8.44. The Balaban J connectivity index is 2.26. The summed E-state index contributed by atoms with van der Waals surface area (Å²) in [7, 11) is 3.13. The minimum absolute atomic E-state index is 0.529. The molecule has 0 aliphatic rings. The van der Waals surface area contributed by atoms with Crippen LogP contribution in [0.3, 0.4) is 0 Å². The molecule has 6 nitrogen and oxygen atoms in total. The van der Waals surface area contributed by atoms with E-state index in [9.17, 15) is 9.90 Å². The Labute approximate surface area is 156 Å². The Bertz CT molecular complexity index is 1070. The van der Waals surface area contributed by atoms with Gasteiger partial charge in [0.05, 0.1) is 31.6 Å². The molecule has 2 aromatic carbocycles. The molecule has 0 saturated heterocycles. The lowest BCUT2D eigenvalue weighted by molar-refractivity contribution is -0.306. The van der Waals surface area contributed by atoms with Crippen LogP contribution in [0.5, 0.6) is 11.5 Å². The van der Waals surface area contributed by atoms with E-state index >= 15 is 0 Å². The zero-order valence-corrected chi connectivity index (χ0v) is 15.6. The molecule has 3 aromatic rings. The highest BCUT2D eigenvalue weighted by Gasteiger charge is 2.11. The molecule has 6 heteroatoms. The topological polar surface area (TPSA) is 84.1 Å². The van der Waals surface area contributed by atoms with Gasteiger partial charge in [-0.05, 0) is 44.2 Å². The number of methoxy groups -OCH3 is 2. The van der Waals surface area contributed by atoms with E-state index < -0.39 is 12.0 Å². The van der Waals surface area contributed by atoms with Crippen molar-refractivity contribution in [2.24, 2.45) is 4.99 Å². The van der Waals surface area contributed by atoms with Crippen molar-refractivity contribution >= 4 is 16.9 Å². The van der Waals surface area contributed by atoms with Gasteiger partial charge in [-0.25, -0.2) is 0 Å². The number of benzene rings is 2. The lowest BCUT2D eigenvalue weighted by Crippen LogP contribution is -2.33. The zero-order chi connectivity index (χ0) is 19.6. The summed E-state index contributed by atoms with van der Waals surface area (Å²) in [6, 6.07) is 11.8. The molecule has 0 N–H and O–H groups in total. The number of aliphatic carboxylic acids is 1. The quantitative estimate of drug-likeness (QED) is 0.693. The largest absolute Gasteiger partial charge is 0.548 e. The van der Waals surface area contributed by atoms with Gasteiger partial charge in [0.1, 0.15) is 11.3 Å². The number of nitrogens with zero attached hydrogens (tertiary/aromatic N) is 1. The van der Waals surface area contributed by atoms with Crippen molar-refractivity contribution in [1.82, 2.24) is 0 Å². The molecule has 0 fully saturated rings. The minimum atomic E-state index is -1.23. The van der Waals surface area contributed by atoms with Gasteiger partial charge in [-0.15, -0.1) is 0 Å². The first-order valence-corrected chi connectivity index (χ1v) is 8.44. The number of carboxylic acids is 1. The number of ether oxygens (including phenoxy) is 2. The van der Waals surface area contributed by atoms with E-state index in [-0.39, 0.29) is 0 Å². The van der Waals surface area contributed by atoms with Crippen LogP contribution in [0.1, 0.15) is 12.5 Å². The number of fused-ring (bicyclic) bond motifs is 1. The molecule has 0 aliphatic carbocycles.